The Labute approximate surface area is 176 Å². The minimum Gasteiger partial charge on any atom is -0.465 e. The van der Waals surface area contributed by atoms with E-state index in [9.17, 15) is 9.59 Å². The Balaban J connectivity index is 1.44. The number of methoxy groups -OCH3 is 1. The normalized spacial score (nSPS) is 10.4. The van der Waals surface area contributed by atoms with Gasteiger partial charge in [0.2, 0.25) is 5.13 Å². The fraction of sp³-hybridized carbons (Fsp3) is 0.200. The summed E-state index contributed by atoms with van der Waals surface area (Å²) in [6.07, 6.45) is 0.760. The first kappa shape index (κ1) is 20.8. The Morgan fingerprint density at radius 2 is 1.86 bits per heavy atom. The molecule has 0 spiro atoms. The molecule has 29 heavy (non-hydrogen) atoms. The second-order valence-corrected chi connectivity index (χ2v) is 8.17. The van der Waals surface area contributed by atoms with Gasteiger partial charge in [-0.1, -0.05) is 65.6 Å². The first-order valence-electron chi connectivity index (χ1n) is 8.86. The lowest BCUT2D eigenvalue weighted by Gasteiger charge is -2.05. The van der Waals surface area contributed by atoms with Crippen LogP contribution in [0, 0.1) is 0 Å². The van der Waals surface area contributed by atoms with Crippen LogP contribution in [0.25, 0.3) is 0 Å². The van der Waals surface area contributed by atoms with Crippen LogP contribution in [0.4, 0.5) is 9.93 Å². The van der Waals surface area contributed by atoms with E-state index >= 15 is 0 Å². The Morgan fingerprint density at radius 3 is 2.66 bits per heavy atom. The molecule has 0 radical (unpaired) electrons. The monoisotopic (exact) mass is 428 g/mol. The third-order valence-corrected chi connectivity index (χ3v) is 5.92. The van der Waals surface area contributed by atoms with Gasteiger partial charge in [0.25, 0.3) is 0 Å². The lowest BCUT2D eigenvalue weighted by Crippen LogP contribution is -2.30. The first-order valence-corrected chi connectivity index (χ1v) is 10.7. The predicted octanol–water partition coefficient (Wildman–Crippen LogP) is 3.98. The van der Waals surface area contributed by atoms with Crippen LogP contribution in [-0.2, 0) is 16.9 Å². The van der Waals surface area contributed by atoms with Gasteiger partial charge in [-0.2, -0.15) is 0 Å². The van der Waals surface area contributed by atoms with Gasteiger partial charge in [-0.25, -0.2) is 9.59 Å². The van der Waals surface area contributed by atoms with Gasteiger partial charge in [0.1, 0.15) is 0 Å². The number of aromatic nitrogens is 2. The Bertz CT molecular complexity index is 963. The quantitative estimate of drug-likeness (QED) is 0.320. The van der Waals surface area contributed by atoms with Crippen LogP contribution >= 0.6 is 23.1 Å². The van der Waals surface area contributed by atoms with E-state index in [-0.39, 0.29) is 12.0 Å². The molecule has 0 aliphatic rings. The number of ether oxygens (including phenoxy) is 1. The molecule has 3 rings (SSSR count). The van der Waals surface area contributed by atoms with Crippen molar-refractivity contribution in [2.75, 3.05) is 19.0 Å². The molecule has 0 aliphatic heterocycles. The van der Waals surface area contributed by atoms with Crippen molar-refractivity contribution in [3.8, 4) is 0 Å². The van der Waals surface area contributed by atoms with Crippen LogP contribution in [0.1, 0.15) is 21.5 Å². The number of carbonyl (C=O) groups excluding carboxylic acids is 2. The van der Waals surface area contributed by atoms with E-state index in [1.165, 1.54) is 35.8 Å². The zero-order chi connectivity index (χ0) is 20.5. The molecule has 0 bridgehead atoms. The number of rotatable bonds is 8. The van der Waals surface area contributed by atoms with Crippen molar-refractivity contribution in [3.05, 3.63) is 71.3 Å². The van der Waals surface area contributed by atoms with Crippen molar-refractivity contribution in [1.82, 2.24) is 15.5 Å². The fourth-order valence-electron chi connectivity index (χ4n) is 2.48. The molecule has 7 nitrogen and oxygen atoms in total. The smallest absolute Gasteiger partial charge is 0.337 e. The maximum atomic E-state index is 12.0. The maximum Gasteiger partial charge on any atom is 0.337 e. The zero-order valence-corrected chi connectivity index (χ0v) is 17.4. The van der Waals surface area contributed by atoms with Crippen molar-refractivity contribution in [3.63, 3.8) is 0 Å². The zero-order valence-electron chi connectivity index (χ0n) is 15.8. The van der Waals surface area contributed by atoms with E-state index < -0.39 is 0 Å². The molecule has 0 unspecified atom stereocenters. The van der Waals surface area contributed by atoms with Crippen molar-refractivity contribution in [2.45, 2.75) is 16.5 Å². The average molecular weight is 429 g/mol. The first-order chi connectivity index (χ1) is 14.1. The highest BCUT2D eigenvalue weighted by Gasteiger charge is 2.10. The summed E-state index contributed by atoms with van der Waals surface area (Å²) < 4.78 is 5.46. The van der Waals surface area contributed by atoms with Gasteiger partial charge >= 0.3 is 12.0 Å². The number of esters is 1. The second kappa shape index (κ2) is 10.6. The SMILES string of the molecule is COC(=O)c1cccc(CSc2nnc(NC(=O)NCCc3ccccc3)s2)c1. The van der Waals surface area contributed by atoms with Crippen LogP contribution in [0.5, 0.6) is 0 Å². The number of hydrogen-bond donors (Lipinski definition) is 2. The van der Waals surface area contributed by atoms with Gasteiger partial charge in [0.05, 0.1) is 12.7 Å². The van der Waals surface area contributed by atoms with E-state index in [0.29, 0.717) is 23.0 Å². The van der Waals surface area contributed by atoms with E-state index in [4.69, 9.17) is 4.74 Å². The molecule has 3 aromatic rings. The lowest BCUT2D eigenvalue weighted by atomic mass is 10.1. The largest absolute Gasteiger partial charge is 0.465 e. The van der Waals surface area contributed by atoms with Crippen molar-refractivity contribution in [2.24, 2.45) is 0 Å². The van der Waals surface area contributed by atoms with Crippen molar-refractivity contribution >= 4 is 40.2 Å². The number of thioether (sulfide) groups is 1. The van der Waals surface area contributed by atoms with E-state index in [1.54, 1.807) is 12.1 Å². The molecule has 0 aliphatic carbocycles. The fourth-order valence-corrected chi connectivity index (χ4v) is 4.17. The molecule has 2 N–H and O–H groups in total. The molecule has 9 heteroatoms. The molecule has 0 saturated heterocycles. The number of anilines is 1. The van der Waals surface area contributed by atoms with Crippen LogP contribution in [0.2, 0.25) is 0 Å². The number of carbonyl (C=O) groups is 2. The Kier molecular flexibility index (Phi) is 7.60. The number of amides is 2. The molecule has 0 atom stereocenters. The molecule has 1 aromatic heterocycles. The Hall–Kier alpha value is -2.91. The van der Waals surface area contributed by atoms with E-state index in [2.05, 4.69) is 20.8 Å². The van der Waals surface area contributed by atoms with Gasteiger partial charge in [0, 0.05) is 12.3 Å². The summed E-state index contributed by atoms with van der Waals surface area (Å²) in [6.45, 7) is 0.535. The minimum atomic E-state index is -0.363. The van der Waals surface area contributed by atoms with Gasteiger partial charge in [0.15, 0.2) is 4.34 Å². The predicted molar refractivity (Wildman–Crippen MR) is 114 cm³/mol. The van der Waals surface area contributed by atoms with Crippen LogP contribution < -0.4 is 10.6 Å². The third kappa shape index (κ3) is 6.58. The summed E-state index contributed by atoms with van der Waals surface area (Å²) in [5.74, 6) is 0.264. The number of hydrogen-bond acceptors (Lipinski definition) is 7. The topological polar surface area (TPSA) is 93.2 Å². The molecular weight excluding hydrogens is 408 g/mol. The second-order valence-electron chi connectivity index (χ2n) is 5.97. The number of benzene rings is 2. The standard InChI is InChI=1S/C20H20N4O3S2/c1-27-17(25)16-9-5-8-15(12-16)13-28-20-24-23-19(29-20)22-18(26)21-11-10-14-6-3-2-4-7-14/h2-9,12H,10-11,13H2,1H3,(H2,21,22,23,26). The van der Waals surface area contributed by atoms with Gasteiger partial charge in [-0.05, 0) is 29.7 Å². The number of nitrogens with zero attached hydrogens (tertiary/aromatic N) is 2. The molecule has 0 saturated carbocycles. The van der Waals surface area contributed by atoms with Gasteiger partial charge in [-0.15, -0.1) is 10.2 Å². The highest BCUT2D eigenvalue weighted by Crippen LogP contribution is 2.28. The Morgan fingerprint density at radius 1 is 1.07 bits per heavy atom. The summed E-state index contributed by atoms with van der Waals surface area (Å²) in [7, 11) is 1.36. The van der Waals surface area contributed by atoms with Crippen LogP contribution in [0.3, 0.4) is 0 Å². The molecule has 0 fully saturated rings. The number of nitrogens with one attached hydrogen (secondary N) is 2. The molecular formula is C20H20N4O3S2. The summed E-state index contributed by atoms with van der Waals surface area (Å²) in [4.78, 5) is 23.6. The molecule has 1 heterocycles. The van der Waals surface area contributed by atoms with Crippen LogP contribution in [-0.4, -0.2) is 35.9 Å². The van der Waals surface area contributed by atoms with Crippen molar-refractivity contribution in [1.29, 1.82) is 0 Å². The summed E-state index contributed by atoms with van der Waals surface area (Å²) >= 11 is 2.79. The van der Waals surface area contributed by atoms with Gasteiger partial charge < -0.3 is 10.1 Å². The molecule has 150 valence electrons. The van der Waals surface area contributed by atoms with E-state index in [1.807, 2.05) is 42.5 Å². The van der Waals surface area contributed by atoms with Gasteiger partial charge in [-0.3, -0.25) is 5.32 Å². The third-order valence-electron chi connectivity index (χ3n) is 3.88. The maximum absolute atomic E-state index is 12.0. The molecule has 2 aromatic carbocycles. The summed E-state index contributed by atoms with van der Waals surface area (Å²) in [6, 6.07) is 16.9. The summed E-state index contributed by atoms with van der Waals surface area (Å²) in [5.41, 5.74) is 2.65. The minimum absolute atomic E-state index is 0.306. The molecule has 2 amide bonds. The highest BCUT2D eigenvalue weighted by atomic mass is 32.2. The number of urea groups is 1. The lowest BCUT2D eigenvalue weighted by molar-refractivity contribution is 0.0600. The highest BCUT2D eigenvalue weighted by molar-refractivity contribution is 8.00. The average Bonchev–Trinajstić information content (AvgIpc) is 3.20. The van der Waals surface area contributed by atoms with E-state index in [0.717, 1.165) is 16.3 Å². The van der Waals surface area contributed by atoms with Crippen molar-refractivity contribution < 1.29 is 14.3 Å². The van der Waals surface area contributed by atoms with Crippen LogP contribution in [0.15, 0.2) is 58.9 Å². The summed E-state index contributed by atoms with van der Waals surface area (Å²) in [5, 5.41) is 14.0.